The van der Waals surface area contributed by atoms with Gasteiger partial charge in [0.2, 0.25) is 5.91 Å². The molecule has 1 fully saturated rings. The summed E-state index contributed by atoms with van der Waals surface area (Å²) in [5.74, 6) is -1.89. The molecule has 0 spiro atoms. The van der Waals surface area contributed by atoms with E-state index in [1.807, 2.05) is 6.92 Å². The van der Waals surface area contributed by atoms with E-state index >= 15 is 0 Å². The largest absolute Gasteiger partial charge is 0.389 e. The van der Waals surface area contributed by atoms with Gasteiger partial charge in [-0.05, 0) is 36.5 Å². The maximum Gasteiger partial charge on any atom is 0.246 e. The van der Waals surface area contributed by atoms with Crippen molar-refractivity contribution >= 4 is 5.91 Å². The topological polar surface area (TPSA) is 89.1 Å². The normalized spacial score (nSPS) is 23.9. The van der Waals surface area contributed by atoms with Crippen LogP contribution >= 0.6 is 0 Å². The van der Waals surface area contributed by atoms with E-state index in [4.69, 9.17) is 14.2 Å². The first-order valence-electron chi connectivity index (χ1n) is 10.4. The predicted octanol–water partition coefficient (Wildman–Crippen LogP) is 1.77. The first-order chi connectivity index (χ1) is 14.5. The fraction of sp³-hybridized carbons (Fsp3) is 0.682. The number of nitrogens with one attached hydrogen (secondary N) is 2. The molecular formula is C22H34F2N2O5. The number of rotatable bonds is 9. The molecule has 1 aromatic carbocycles. The Hall–Kier alpha value is -1.65. The highest BCUT2D eigenvalue weighted by Crippen LogP contribution is 2.20. The quantitative estimate of drug-likeness (QED) is 0.538. The molecule has 1 aromatic rings. The summed E-state index contributed by atoms with van der Waals surface area (Å²) in [4.78, 5) is 12.1. The Kier molecular flexibility index (Phi) is 9.32. The number of hydrogen-bond acceptors (Lipinski definition) is 6. The van der Waals surface area contributed by atoms with Crippen LogP contribution in [0.25, 0.3) is 0 Å². The Morgan fingerprint density at radius 2 is 1.97 bits per heavy atom. The van der Waals surface area contributed by atoms with E-state index in [0.717, 1.165) is 6.07 Å². The molecule has 0 radical (unpaired) electrons. The van der Waals surface area contributed by atoms with Gasteiger partial charge in [0.05, 0.1) is 37.4 Å². The highest BCUT2D eigenvalue weighted by atomic mass is 19.1. The van der Waals surface area contributed by atoms with Crippen LogP contribution in [0, 0.1) is 17.0 Å². The molecule has 0 aliphatic carbocycles. The molecule has 3 N–H and O–H groups in total. The fourth-order valence-corrected chi connectivity index (χ4v) is 3.43. The Morgan fingerprint density at radius 3 is 2.52 bits per heavy atom. The Bertz CT molecular complexity index is 708. The molecule has 0 aromatic heterocycles. The lowest BCUT2D eigenvalue weighted by molar-refractivity contribution is -0.201. The van der Waals surface area contributed by atoms with Gasteiger partial charge in [0, 0.05) is 13.2 Å². The molecule has 1 heterocycles. The number of hydrogen-bond donors (Lipinski definition) is 3. The van der Waals surface area contributed by atoms with E-state index in [9.17, 15) is 18.7 Å². The van der Waals surface area contributed by atoms with Crippen LogP contribution in [0.15, 0.2) is 18.2 Å². The second kappa shape index (κ2) is 11.3. The number of halogens is 2. The van der Waals surface area contributed by atoms with Crippen molar-refractivity contribution in [3.8, 4) is 0 Å². The number of aliphatic hydroxyl groups excluding tert-OH is 1. The number of methoxy groups -OCH3 is 1. The first-order valence-corrected chi connectivity index (χ1v) is 10.4. The summed E-state index contributed by atoms with van der Waals surface area (Å²) in [6.45, 7) is 8.52. The lowest BCUT2D eigenvalue weighted by Gasteiger charge is -2.40. The van der Waals surface area contributed by atoms with Gasteiger partial charge in [-0.15, -0.1) is 0 Å². The van der Waals surface area contributed by atoms with Crippen molar-refractivity contribution in [2.24, 2.45) is 5.41 Å². The van der Waals surface area contributed by atoms with E-state index in [2.05, 4.69) is 31.4 Å². The monoisotopic (exact) mass is 444 g/mol. The molecule has 2 rings (SSSR count). The molecular weight excluding hydrogens is 410 g/mol. The van der Waals surface area contributed by atoms with Crippen molar-refractivity contribution in [2.75, 3.05) is 26.9 Å². The molecule has 0 bridgehead atoms. The fourth-order valence-electron chi connectivity index (χ4n) is 3.43. The second-order valence-electron chi connectivity index (χ2n) is 9.21. The van der Waals surface area contributed by atoms with Gasteiger partial charge in [0.1, 0.15) is 18.2 Å². The van der Waals surface area contributed by atoms with Gasteiger partial charge < -0.3 is 30.0 Å². The van der Waals surface area contributed by atoms with Crippen LogP contribution in [-0.4, -0.2) is 68.5 Å². The lowest BCUT2D eigenvalue weighted by Crippen LogP contribution is -2.62. The highest BCUT2D eigenvalue weighted by molar-refractivity contribution is 5.77. The van der Waals surface area contributed by atoms with Crippen LogP contribution in [0.2, 0.25) is 0 Å². The summed E-state index contributed by atoms with van der Waals surface area (Å²) in [6.07, 6.45) is -1.53. The van der Waals surface area contributed by atoms with Crippen molar-refractivity contribution in [3.63, 3.8) is 0 Å². The van der Waals surface area contributed by atoms with Crippen LogP contribution in [0.5, 0.6) is 0 Å². The van der Waals surface area contributed by atoms with E-state index < -0.39 is 42.0 Å². The van der Waals surface area contributed by atoms with Crippen molar-refractivity contribution in [1.29, 1.82) is 0 Å². The van der Waals surface area contributed by atoms with E-state index in [-0.39, 0.29) is 31.1 Å². The van der Waals surface area contributed by atoms with Crippen molar-refractivity contribution in [3.05, 3.63) is 35.4 Å². The number of morpholine rings is 1. The summed E-state index contributed by atoms with van der Waals surface area (Å²) >= 11 is 0. The number of aliphatic hydroxyl groups is 1. The van der Waals surface area contributed by atoms with Gasteiger partial charge in [-0.1, -0.05) is 20.8 Å². The number of benzene rings is 1. The Labute approximate surface area is 182 Å². The Morgan fingerprint density at radius 1 is 1.32 bits per heavy atom. The zero-order valence-corrected chi connectivity index (χ0v) is 18.8. The number of carbonyl (C=O) groups is 1. The molecule has 0 saturated carbocycles. The minimum atomic E-state index is -1.09. The smallest absolute Gasteiger partial charge is 0.246 e. The van der Waals surface area contributed by atoms with E-state index in [0.29, 0.717) is 12.2 Å². The summed E-state index contributed by atoms with van der Waals surface area (Å²) < 4.78 is 43.7. The van der Waals surface area contributed by atoms with Crippen LogP contribution < -0.4 is 10.6 Å². The zero-order chi connectivity index (χ0) is 23.2. The maximum atomic E-state index is 13.6. The molecule has 9 heteroatoms. The maximum absolute atomic E-state index is 13.6. The number of amides is 1. The average Bonchev–Trinajstić information content (AvgIpc) is 2.64. The molecule has 5 unspecified atom stereocenters. The average molecular weight is 445 g/mol. The molecule has 5 atom stereocenters. The summed E-state index contributed by atoms with van der Waals surface area (Å²) in [6, 6.07) is 1.58. The van der Waals surface area contributed by atoms with Crippen molar-refractivity contribution < 1.29 is 32.9 Å². The van der Waals surface area contributed by atoms with Gasteiger partial charge in [-0.3, -0.25) is 4.79 Å². The molecule has 1 amide bonds. The third kappa shape index (κ3) is 8.42. The van der Waals surface area contributed by atoms with Crippen LogP contribution in [-0.2, 0) is 25.4 Å². The number of ether oxygens (including phenoxy) is 3. The molecule has 7 nitrogen and oxygen atoms in total. The van der Waals surface area contributed by atoms with Crippen LogP contribution in [0.1, 0.15) is 33.3 Å². The van der Waals surface area contributed by atoms with E-state index in [1.165, 1.54) is 19.2 Å². The van der Waals surface area contributed by atoms with Crippen LogP contribution in [0.3, 0.4) is 0 Å². The van der Waals surface area contributed by atoms with Crippen LogP contribution in [0.4, 0.5) is 8.78 Å². The lowest BCUT2D eigenvalue weighted by atomic mass is 9.95. The van der Waals surface area contributed by atoms with Gasteiger partial charge in [0.25, 0.3) is 0 Å². The van der Waals surface area contributed by atoms with Gasteiger partial charge >= 0.3 is 0 Å². The molecule has 1 saturated heterocycles. The summed E-state index contributed by atoms with van der Waals surface area (Å²) in [7, 11) is 1.38. The highest BCUT2D eigenvalue weighted by Gasteiger charge is 2.36. The van der Waals surface area contributed by atoms with Gasteiger partial charge in [-0.25, -0.2) is 8.78 Å². The SMILES string of the molecule is COCC(=O)NC(Cc1cc(F)cc(F)c1)C(O)C1COC(OCC(C)(C)C)C(C)N1. The second-order valence-corrected chi connectivity index (χ2v) is 9.21. The minimum Gasteiger partial charge on any atom is -0.389 e. The third-order valence-electron chi connectivity index (χ3n) is 4.83. The number of carbonyl (C=O) groups excluding carboxylic acids is 1. The molecule has 1 aliphatic heterocycles. The van der Waals surface area contributed by atoms with Crippen molar-refractivity contribution in [1.82, 2.24) is 10.6 Å². The summed E-state index contributed by atoms with van der Waals surface area (Å²) in [5, 5.41) is 16.9. The molecule has 176 valence electrons. The molecule has 31 heavy (non-hydrogen) atoms. The standard InChI is InChI=1S/C22H34F2N2O5/c1-13-21(31-12-22(2,3)4)30-10-18(25-13)20(28)17(26-19(27)11-29-5)8-14-6-15(23)9-16(24)7-14/h6-7,9,13,17-18,20-21,25,28H,8,10-12H2,1-5H3,(H,26,27). The third-order valence-corrected chi connectivity index (χ3v) is 4.83. The van der Waals surface area contributed by atoms with Crippen molar-refractivity contribution in [2.45, 2.75) is 64.6 Å². The van der Waals surface area contributed by atoms with Gasteiger partial charge in [-0.2, -0.15) is 0 Å². The zero-order valence-electron chi connectivity index (χ0n) is 18.8. The predicted molar refractivity (Wildman–Crippen MR) is 111 cm³/mol. The van der Waals surface area contributed by atoms with E-state index in [1.54, 1.807) is 0 Å². The first kappa shape index (κ1) is 25.6. The molecule has 1 aliphatic rings. The summed E-state index contributed by atoms with van der Waals surface area (Å²) in [5.41, 5.74) is 0.298. The Balaban J connectivity index is 2.07. The van der Waals surface area contributed by atoms with Gasteiger partial charge in [0.15, 0.2) is 6.29 Å². The minimum absolute atomic E-state index is 0.0175.